The van der Waals surface area contributed by atoms with Crippen LogP contribution in [0.1, 0.15) is 46.5 Å². The van der Waals surface area contributed by atoms with Crippen molar-refractivity contribution >= 4 is 22.2 Å². The van der Waals surface area contributed by atoms with Crippen LogP contribution < -0.4 is 10.9 Å². The van der Waals surface area contributed by atoms with Crippen molar-refractivity contribution in [2.45, 2.75) is 33.1 Å². The van der Waals surface area contributed by atoms with Gasteiger partial charge in [0.05, 0.1) is 17.5 Å². The third kappa shape index (κ3) is 3.38. The minimum Gasteiger partial charge on any atom is -0.352 e. The predicted octanol–water partition coefficient (Wildman–Crippen LogP) is 1.88. The lowest BCUT2D eigenvalue weighted by Crippen LogP contribution is -2.28. The maximum Gasteiger partial charge on any atom is 0.253 e. The lowest BCUT2D eigenvalue weighted by atomic mass is 10.0. The third-order valence-electron chi connectivity index (χ3n) is 3.63. The molecule has 1 amide bonds. The maximum absolute atomic E-state index is 12.4. The first-order valence-electron chi connectivity index (χ1n) is 7.77. The van der Waals surface area contributed by atoms with E-state index in [1.54, 1.807) is 10.6 Å². The summed E-state index contributed by atoms with van der Waals surface area (Å²) in [6, 6.07) is 2.95. The van der Waals surface area contributed by atoms with Crippen LogP contribution in [0.2, 0.25) is 0 Å². The Morgan fingerprint density at radius 1 is 1.42 bits per heavy atom. The third-order valence-corrected chi connectivity index (χ3v) is 4.47. The SMILES string of the molecule is Cc1nn2cc(CCNC(=O)c3ccc(=O)[nH]c3C(C)C)nc2s1. The topological polar surface area (TPSA) is 92.1 Å². The molecule has 126 valence electrons. The molecule has 0 aliphatic rings. The van der Waals surface area contributed by atoms with Crippen LogP contribution in [0.15, 0.2) is 23.1 Å². The zero-order valence-corrected chi connectivity index (χ0v) is 14.6. The van der Waals surface area contributed by atoms with Crippen molar-refractivity contribution in [3.8, 4) is 0 Å². The van der Waals surface area contributed by atoms with Crippen molar-refractivity contribution in [1.82, 2.24) is 24.9 Å². The summed E-state index contributed by atoms with van der Waals surface area (Å²) in [4.78, 5) is 31.9. The molecule has 3 rings (SSSR count). The molecule has 24 heavy (non-hydrogen) atoms. The Hall–Kier alpha value is -2.48. The second-order valence-corrected chi connectivity index (χ2v) is 7.05. The van der Waals surface area contributed by atoms with Crippen LogP contribution in [0.5, 0.6) is 0 Å². The fourth-order valence-corrected chi connectivity index (χ4v) is 3.25. The standard InChI is InChI=1S/C16H19N5O2S/c1-9(2)14-12(4-5-13(22)19-14)15(23)17-7-6-11-8-21-16(18-11)24-10(3)20-21/h4-5,8-9H,6-7H2,1-3H3,(H,17,23)(H,19,22). The van der Waals surface area contributed by atoms with E-state index in [2.05, 4.69) is 20.4 Å². The lowest BCUT2D eigenvalue weighted by molar-refractivity contribution is 0.0952. The van der Waals surface area contributed by atoms with Crippen LogP contribution >= 0.6 is 11.3 Å². The predicted molar refractivity (Wildman–Crippen MR) is 92.8 cm³/mol. The number of fused-ring (bicyclic) bond motifs is 1. The van der Waals surface area contributed by atoms with Gasteiger partial charge < -0.3 is 10.3 Å². The molecule has 0 fully saturated rings. The number of pyridine rings is 1. The van der Waals surface area contributed by atoms with Gasteiger partial charge >= 0.3 is 0 Å². The average Bonchev–Trinajstić information content (AvgIpc) is 3.03. The van der Waals surface area contributed by atoms with Crippen molar-refractivity contribution in [3.05, 3.63) is 50.6 Å². The molecule has 3 aromatic heterocycles. The van der Waals surface area contributed by atoms with Crippen molar-refractivity contribution in [2.75, 3.05) is 6.54 Å². The molecule has 0 unspecified atom stereocenters. The van der Waals surface area contributed by atoms with Crippen LogP contribution in [0, 0.1) is 6.92 Å². The Balaban J connectivity index is 1.65. The van der Waals surface area contributed by atoms with E-state index in [9.17, 15) is 9.59 Å². The summed E-state index contributed by atoms with van der Waals surface area (Å²) >= 11 is 1.54. The second kappa shape index (κ2) is 6.56. The zero-order valence-electron chi connectivity index (χ0n) is 13.8. The van der Waals surface area contributed by atoms with E-state index in [1.165, 1.54) is 17.4 Å². The smallest absolute Gasteiger partial charge is 0.253 e. The summed E-state index contributed by atoms with van der Waals surface area (Å²) in [5.74, 6) is -0.126. The normalized spacial score (nSPS) is 11.3. The molecule has 0 atom stereocenters. The number of amides is 1. The van der Waals surface area contributed by atoms with Crippen LogP contribution in [-0.4, -0.2) is 32.0 Å². The summed E-state index contributed by atoms with van der Waals surface area (Å²) in [5.41, 5.74) is 1.85. The van der Waals surface area contributed by atoms with Gasteiger partial charge in [0.25, 0.3) is 5.91 Å². The monoisotopic (exact) mass is 345 g/mol. The fourth-order valence-electron chi connectivity index (χ4n) is 2.51. The Bertz CT molecular complexity index is 906. The van der Waals surface area contributed by atoms with Gasteiger partial charge in [-0.05, 0) is 18.9 Å². The molecule has 2 N–H and O–H groups in total. The number of nitrogens with zero attached hydrogens (tertiary/aromatic N) is 3. The molecule has 7 nitrogen and oxygen atoms in total. The summed E-state index contributed by atoms with van der Waals surface area (Å²) < 4.78 is 1.76. The molecule has 0 spiro atoms. The molecule has 0 aromatic carbocycles. The van der Waals surface area contributed by atoms with E-state index in [4.69, 9.17) is 0 Å². The molecule has 3 heterocycles. The highest BCUT2D eigenvalue weighted by molar-refractivity contribution is 7.16. The van der Waals surface area contributed by atoms with Gasteiger partial charge in [-0.2, -0.15) is 5.10 Å². The highest BCUT2D eigenvalue weighted by Gasteiger charge is 2.14. The number of aryl methyl sites for hydroxylation is 1. The fraction of sp³-hybridized carbons (Fsp3) is 0.375. The number of rotatable bonds is 5. The van der Waals surface area contributed by atoms with Gasteiger partial charge in [-0.1, -0.05) is 25.2 Å². The Morgan fingerprint density at radius 2 is 2.21 bits per heavy atom. The zero-order chi connectivity index (χ0) is 17.3. The molecule has 8 heteroatoms. The lowest BCUT2D eigenvalue weighted by Gasteiger charge is -2.12. The average molecular weight is 345 g/mol. The first kappa shape index (κ1) is 16.4. The van der Waals surface area contributed by atoms with Gasteiger partial charge in [0.1, 0.15) is 5.01 Å². The first-order valence-corrected chi connectivity index (χ1v) is 8.59. The van der Waals surface area contributed by atoms with E-state index < -0.39 is 0 Å². The number of hydrogen-bond donors (Lipinski definition) is 2. The van der Waals surface area contributed by atoms with Gasteiger partial charge in [0.15, 0.2) is 0 Å². The number of aromatic nitrogens is 4. The van der Waals surface area contributed by atoms with Gasteiger partial charge in [-0.15, -0.1) is 0 Å². The van der Waals surface area contributed by atoms with Crippen LogP contribution in [0.25, 0.3) is 4.96 Å². The largest absolute Gasteiger partial charge is 0.352 e. The summed E-state index contributed by atoms with van der Waals surface area (Å²) in [7, 11) is 0. The van der Waals surface area contributed by atoms with Crippen molar-refractivity contribution in [2.24, 2.45) is 0 Å². The number of aromatic amines is 1. The molecule has 3 aromatic rings. The molecule has 0 saturated heterocycles. The highest BCUT2D eigenvalue weighted by Crippen LogP contribution is 2.15. The summed E-state index contributed by atoms with van der Waals surface area (Å²) in [6.45, 7) is 6.29. The second-order valence-electron chi connectivity index (χ2n) is 5.89. The Morgan fingerprint density at radius 3 is 2.92 bits per heavy atom. The van der Waals surface area contributed by atoms with E-state index in [-0.39, 0.29) is 17.4 Å². The number of imidazole rings is 1. The summed E-state index contributed by atoms with van der Waals surface area (Å²) in [5, 5.41) is 8.17. The Labute approximate surface area is 142 Å². The quantitative estimate of drug-likeness (QED) is 0.738. The van der Waals surface area contributed by atoms with E-state index in [1.807, 2.05) is 27.0 Å². The van der Waals surface area contributed by atoms with Gasteiger partial charge in [0, 0.05) is 24.7 Å². The summed E-state index contributed by atoms with van der Waals surface area (Å²) in [6.07, 6.45) is 2.51. The maximum atomic E-state index is 12.4. The number of nitrogens with one attached hydrogen (secondary N) is 2. The van der Waals surface area contributed by atoms with Gasteiger partial charge in [-0.3, -0.25) is 9.59 Å². The van der Waals surface area contributed by atoms with Crippen LogP contribution in [0.4, 0.5) is 0 Å². The van der Waals surface area contributed by atoms with Gasteiger partial charge in [0.2, 0.25) is 10.5 Å². The molecular formula is C16H19N5O2S. The number of hydrogen-bond acceptors (Lipinski definition) is 5. The van der Waals surface area contributed by atoms with E-state index in [0.717, 1.165) is 15.7 Å². The van der Waals surface area contributed by atoms with E-state index >= 15 is 0 Å². The van der Waals surface area contributed by atoms with Crippen molar-refractivity contribution in [3.63, 3.8) is 0 Å². The van der Waals surface area contributed by atoms with Crippen molar-refractivity contribution in [1.29, 1.82) is 0 Å². The molecule has 0 aliphatic heterocycles. The van der Waals surface area contributed by atoms with Crippen molar-refractivity contribution < 1.29 is 4.79 Å². The Kier molecular flexibility index (Phi) is 4.48. The molecular weight excluding hydrogens is 326 g/mol. The highest BCUT2D eigenvalue weighted by atomic mass is 32.1. The van der Waals surface area contributed by atoms with Crippen LogP contribution in [-0.2, 0) is 6.42 Å². The first-order chi connectivity index (χ1) is 11.4. The van der Waals surface area contributed by atoms with Crippen LogP contribution in [0.3, 0.4) is 0 Å². The number of carbonyl (C=O) groups excluding carboxylic acids is 1. The number of H-pyrrole nitrogens is 1. The molecule has 0 radical (unpaired) electrons. The van der Waals surface area contributed by atoms with Gasteiger partial charge in [-0.25, -0.2) is 9.50 Å². The molecule has 0 bridgehead atoms. The molecule has 0 saturated carbocycles. The number of carbonyl (C=O) groups is 1. The minimum atomic E-state index is -0.198. The molecule has 0 aliphatic carbocycles. The van der Waals surface area contributed by atoms with E-state index in [0.29, 0.717) is 24.2 Å². The minimum absolute atomic E-state index is 0.0638.